The predicted molar refractivity (Wildman–Crippen MR) is 136 cm³/mol. The van der Waals surface area contributed by atoms with E-state index in [0.717, 1.165) is 25.8 Å². The van der Waals surface area contributed by atoms with Gasteiger partial charge < -0.3 is 32.0 Å². The lowest BCUT2D eigenvalue weighted by molar-refractivity contribution is -0.697. The van der Waals surface area contributed by atoms with Crippen molar-refractivity contribution in [1.82, 2.24) is 15.5 Å². The standard InChI is InChI=1S/C26H33N5O3S.BrH/c1-35-26-30-29-24(34-26)20-27-25(33)21-14-9-10-15-22(21)28-23(32)16-8-5-3-2-4-6-11-17-31-18-12-7-13-19-31;/h7,9-10,12-15,18-19H,2-6,8,11,16-17,20H2,1H3,(H-,27,28,32,33);1H. The van der Waals surface area contributed by atoms with E-state index in [1.165, 1.54) is 37.4 Å². The van der Waals surface area contributed by atoms with Crippen LogP contribution in [0.3, 0.4) is 0 Å². The Labute approximate surface area is 227 Å². The van der Waals surface area contributed by atoms with Gasteiger partial charge in [-0.2, -0.15) is 0 Å². The van der Waals surface area contributed by atoms with Crippen LogP contribution in [-0.4, -0.2) is 28.3 Å². The summed E-state index contributed by atoms with van der Waals surface area (Å²) in [5.74, 6) is -0.0542. The van der Waals surface area contributed by atoms with Crippen LogP contribution in [0.1, 0.15) is 67.6 Å². The zero-order valence-corrected chi connectivity index (χ0v) is 23.0. The molecule has 2 N–H and O–H groups in total. The third-order valence-electron chi connectivity index (χ3n) is 5.57. The van der Waals surface area contributed by atoms with E-state index in [9.17, 15) is 9.59 Å². The number of aryl methyl sites for hydroxylation is 1. The molecule has 0 aliphatic carbocycles. The van der Waals surface area contributed by atoms with E-state index in [4.69, 9.17) is 4.42 Å². The van der Waals surface area contributed by atoms with Crippen molar-refractivity contribution in [2.75, 3.05) is 11.6 Å². The first-order valence-corrected chi connectivity index (χ1v) is 13.4. The van der Waals surface area contributed by atoms with Gasteiger partial charge >= 0.3 is 0 Å². The molecule has 2 aromatic heterocycles. The van der Waals surface area contributed by atoms with Crippen molar-refractivity contribution in [3.05, 3.63) is 66.3 Å². The summed E-state index contributed by atoms with van der Waals surface area (Å²) in [7, 11) is 0. The Morgan fingerprint density at radius 1 is 0.917 bits per heavy atom. The van der Waals surface area contributed by atoms with Gasteiger partial charge in [0, 0.05) is 25.0 Å². The Balaban J connectivity index is 0.00000456. The quantitative estimate of drug-likeness (QED) is 0.163. The van der Waals surface area contributed by atoms with Gasteiger partial charge in [-0.25, -0.2) is 4.57 Å². The molecule has 10 heteroatoms. The maximum absolute atomic E-state index is 12.6. The number of halogens is 1. The summed E-state index contributed by atoms with van der Waals surface area (Å²) < 4.78 is 7.60. The third-order valence-corrected chi connectivity index (χ3v) is 6.08. The Hall–Kier alpha value is -2.72. The van der Waals surface area contributed by atoms with Crippen LogP contribution in [0.5, 0.6) is 0 Å². The highest BCUT2D eigenvalue weighted by atomic mass is 79.9. The van der Waals surface area contributed by atoms with Crippen molar-refractivity contribution in [3.63, 3.8) is 0 Å². The fourth-order valence-corrected chi connectivity index (χ4v) is 4.00. The number of hydrogen-bond donors (Lipinski definition) is 2. The minimum atomic E-state index is -0.310. The van der Waals surface area contributed by atoms with Gasteiger partial charge in [-0.05, 0) is 31.2 Å². The molecular weight excluding hydrogens is 542 g/mol. The molecule has 3 aromatic rings. The maximum Gasteiger partial charge on any atom is 0.276 e. The average molecular weight is 577 g/mol. The number of aromatic nitrogens is 3. The van der Waals surface area contributed by atoms with Crippen molar-refractivity contribution in [1.29, 1.82) is 0 Å². The van der Waals surface area contributed by atoms with E-state index in [2.05, 4.69) is 49.9 Å². The summed E-state index contributed by atoms with van der Waals surface area (Å²) in [5, 5.41) is 13.8. The monoisotopic (exact) mass is 575 g/mol. The van der Waals surface area contributed by atoms with Gasteiger partial charge in [0.1, 0.15) is 6.54 Å². The topological polar surface area (TPSA) is 101 Å². The van der Waals surface area contributed by atoms with Crippen LogP contribution in [0, 0.1) is 0 Å². The first kappa shape index (κ1) is 29.5. The number of benzene rings is 1. The number of nitrogens with zero attached hydrogens (tertiary/aromatic N) is 3. The normalized spacial score (nSPS) is 10.5. The molecule has 2 heterocycles. The SMILES string of the molecule is CSc1nnc(CNC(=O)c2ccccc2NC(=O)CCCCCCCCC[n+]2ccccc2)o1.[Br-]. The Morgan fingerprint density at radius 3 is 2.33 bits per heavy atom. The smallest absolute Gasteiger partial charge is 0.276 e. The van der Waals surface area contributed by atoms with Crippen LogP contribution in [0.4, 0.5) is 5.69 Å². The van der Waals surface area contributed by atoms with Crippen LogP contribution in [0.25, 0.3) is 0 Å². The number of anilines is 1. The van der Waals surface area contributed by atoms with Crippen LogP contribution in [0.15, 0.2) is 64.5 Å². The largest absolute Gasteiger partial charge is 1.00 e. The molecule has 194 valence electrons. The first-order chi connectivity index (χ1) is 17.2. The first-order valence-electron chi connectivity index (χ1n) is 12.1. The van der Waals surface area contributed by atoms with Crippen molar-refractivity contribution >= 4 is 29.3 Å². The van der Waals surface area contributed by atoms with Crippen molar-refractivity contribution in [2.45, 2.75) is 69.7 Å². The Bertz CT molecular complexity index is 1060. The fourth-order valence-electron chi connectivity index (χ4n) is 3.69. The van der Waals surface area contributed by atoms with Gasteiger partial charge in [0.2, 0.25) is 11.8 Å². The van der Waals surface area contributed by atoms with Gasteiger partial charge in [0.05, 0.1) is 17.8 Å². The molecule has 0 bridgehead atoms. The van der Waals surface area contributed by atoms with Crippen molar-refractivity contribution in [2.24, 2.45) is 0 Å². The average Bonchev–Trinajstić information content (AvgIpc) is 3.35. The molecule has 0 unspecified atom stereocenters. The molecule has 0 saturated heterocycles. The van der Waals surface area contributed by atoms with E-state index in [-0.39, 0.29) is 35.3 Å². The van der Waals surface area contributed by atoms with Crippen LogP contribution in [-0.2, 0) is 17.9 Å². The summed E-state index contributed by atoms with van der Waals surface area (Å²) in [4.78, 5) is 25.1. The number of carbonyl (C=O) groups is 2. The molecule has 0 saturated carbocycles. The summed E-state index contributed by atoms with van der Waals surface area (Å²) in [6.07, 6.45) is 14.3. The number of nitrogens with one attached hydrogen (secondary N) is 2. The number of amides is 2. The number of unbranched alkanes of at least 4 members (excludes halogenated alkanes) is 6. The molecule has 0 spiro atoms. The molecule has 36 heavy (non-hydrogen) atoms. The number of hydrogen-bond acceptors (Lipinski definition) is 6. The Kier molecular flexibility index (Phi) is 13.8. The second kappa shape index (κ2) is 16.9. The summed E-state index contributed by atoms with van der Waals surface area (Å²) >= 11 is 1.34. The van der Waals surface area contributed by atoms with Gasteiger partial charge in [-0.1, -0.05) is 55.6 Å². The zero-order valence-electron chi connectivity index (χ0n) is 20.6. The van der Waals surface area contributed by atoms with Crippen LogP contribution < -0.4 is 32.2 Å². The third kappa shape index (κ3) is 10.5. The maximum atomic E-state index is 12.6. The summed E-state index contributed by atoms with van der Waals surface area (Å²) in [5.41, 5.74) is 0.903. The number of para-hydroxylation sites is 1. The molecular formula is C26H34BrN5O3S. The molecule has 0 fully saturated rings. The highest BCUT2D eigenvalue weighted by molar-refractivity contribution is 7.98. The molecule has 0 aliphatic heterocycles. The molecule has 0 atom stereocenters. The lowest BCUT2D eigenvalue weighted by atomic mass is 10.1. The molecule has 0 radical (unpaired) electrons. The van der Waals surface area contributed by atoms with Gasteiger partial charge in [0.25, 0.3) is 11.1 Å². The van der Waals surface area contributed by atoms with Crippen molar-refractivity contribution < 1.29 is 35.6 Å². The second-order valence-corrected chi connectivity index (χ2v) is 9.04. The van der Waals surface area contributed by atoms with Crippen molar-refractivity contribution in [3.8, 4) is 0 Å². The second-order valence-electron chi connectivity index (χ2n) is 8.28. The van der Waals surface area contributed by atoms with Crippen LogP contribution >= 0.6 is 11.8 Å². The highest BCUT2D eigenvalue weighted by Gasteiger charge is 2.14. The lowest BCUT2D eigenvalue weighted by Gasteiger charge is -2.11. The zero-order chi connectivity index (χ0) is 24.7. The van der Waals surface area contributed by atoms with E-state index in [1.54, 1.807) is 24.3 Å². The highest BCUT2D eigenvalue weighted by Crippen LogP contribution is 2.17. The summed E-state index contributed by atoms with van der Waals surface area (Å²) in [6, 6.07) is 13.1. The van der Waals surface area contributed by atoms with E-state index in [1.807, 2.05) is 12.3 Å². The number of thioether (sulfide) groups is 1. The number of pyridine rings is 1. The molecule has 8 nitrogen and oxygen atoms in total. The van der Waals surface area contributed by atoms with Gasteiger partial charge in [0.15, 0.2) is 12.4 Å². The Morgan fingerprint density at radius 2 is 1.61 bits per heavy atom. The summed E-state index contributed by atoms with van der Waals surface area (Å²) in [6.45, 7) is 1.19. The lowest BCUT2D eigenvalue weighted by Crippen LogP contribution is -3.00. The predicted octanol–water partition coefficient (Wildman–Crippen LogP) is 1.77. The van der Waals surface area contributed by atoms with E-state index < -0.39 is 0 Å². The minimum Gasteiger partial charge on any atom is -1.00 e. The molecule has 0 aliphatic rings. The molecule has 2 amide bonds. The van der Waals surface area contributed by atoms with E-state index >= 15 is 0 Å². The fraction of sp³-hybridized carbons (Fsp3) is 0.423. The van der Waals surface area contributed by atoms with E-state index in [0.29, 0.717) is 28.8 Å². The van der Waals surface area contributed by atoms with Gasteiger partial charge in [-0.15, -0.1) is 10.2 Å². The number of rotatable bonds is 15. The minimum absolute atomic E-state index is 0. The van der Waals surface area contributed by atoms with Gasteiger partial charge in [-0.3, -0.25) is 9.59 Å². The molecule has 3 rings (SSSR count). The number of carbonyl (C=O) groups excluding carboxylic acids is 2. The molecule has 1 aromatic carbocycles. The van der Waals surface area contributed by atoms with Crippen LogP contribution in [0.2, 0.25) is 0 Å².